The summed E-state index contributed by atoms with van der Waals surface area (Å²) >= 11 is 8.89. The van der Waals surface area contributed by atoms with Crippen molar-refractivity contribution < 1.29 is 0 Å². The Hall–Kier alpha value is -0.150. The molecule has 0 N–H and O–H groups in total. The first kappa shape index (κ1) is 7.95. The van der Waals surface area contributed by atoms with Gasteiger partial charge in [0.1, 0.15) is 5.15 Å². The van der Waals surface area contributed by atoms with Crippen LogP contribution in [0, 0.1) is 0 Å². The van der Waals surface area contributed by atoms with Crippen LogP contribution in [0.3, 0.4) is 0 Å². The van der Waals surface area contributed by atoms with Crippen LogP contribution in [0.5, 0.6) is 0 Å². The molecule has 2 nitrogen and oxygen atoms in total. The molecule has 0 aliphatic rings. The molecule has 1 heterocycles. The highest BCUT2D eigenvalue weighted by molar-refractivity contribution is 9.09. The van der Waals surface area contributed by atoms with Crippen molar-refractivity contribution in [3.05, 3.63) is 23.2 Å². The van der Waals surface area contributed by atoms with Gasteiger partial charge in [0, 0.05) is 0 Å². The molecule has 0 amide bonds. The number of aromatic nitrogens is 2. The maximum atomic E-state index is 5.53. The fourth-order valence-electron chi connectivity index (χ4n) is 0.528. The summed E-state index contributed by atoms with van der Waals surface area (Å²) in [7, 11) is 0. The zero-order valence-corrected chi connectivity index (χ0v) is 7.72. The Morgan fingerprint density at radius 3 is 2.60 bits per heavy atom. The van der Waals surface area contributed by atoms with Crippen molar-refractivity contribution >= 4 is 27.5 Å². The van der Waals surface area contributed by atoms with Crippen LogP contribution in [-0.4, -0.2) is 9.97 Å². The highest BCUT2D eigenvalue weighted by Crippen LogP contribution is 2.18. The Balaban J connectivity index is 2.89. The predicted octanol–water partition coefficient (Wildman–Crippen LogP) is 2.59. The molecule has 4 heteroatoms. The zero-order chi connectivity index (χ0) is 7.56. The quantitative estimate of drug-likeness (QED) is 0.681. The van der Waals surface area contributed by atoms with Gasteiger partial charge in [0.2, 0.25) is 0 Å². The summed E-state index contributed by atoms with van der Waals surface area (Å²) in [5, 5.41) is 0.428. The molecular weight excluding hydrogens is 215 g/mol. The van der Waals surface area contributed by atoms with Crippen LogP contribution in [-0.2, 0) is 0 Å². The van der Waals surface area contributed by atoms with Gasteiger partial charge in [-0.3, -0.25) is 4.98 Å². The third-order valence-electron chi connectivity index (χ3n) is 1.05. The van der Waals surface area contributed by atoms with E-state index in [9.17, 15) is 0 Å². The number of nitrogens with zero attached hydrogens (tertiary/aromatic N) is 2. The molecule has 1 rings (SSSR count). The van der Waals surface area contributed by atoms with Crippen molar-refractivity contribution in [2.75, 3.05) is 0 Å². The molecule has 1 unspecified atom stereocenters. The smallest absolute Gasteiger partial charge is 0.147 e. The minimum absolute atomic E-state index is 0.234. The van der Waals surface area contributed by atoms with Crippen molar-refractivity contribution in [1.82, 2.24) is 9.97 Å². The molecule has 10 heavy (non-hydrogen) atoms. The Morgan fingerprint density at radius 2 is 2.20 bits per heavy atom. The van der Waals surface area contributed by atoms with Gasteiger partial charge in [0.15, 0.2) is 0 Å². The summed E-state index contributed by atoms with van der Waals surface area (Å²) in [5.74, 6) is 0. The largest absolute Gasteiger partial charge is 0.255 e. The highest BCUT2D eigenvalue weighted by Gasteiger charge is 2.00. The number of alkyl halides is 1. The monoisotopic (exact) mass is 220 g/mol. The molecule has 1 aromatic heterocycles. The zero-order valence-electron chi connectivity index (χ0n) is 5.38. The fourth-order valence-corrected chi connectivity index (χ4v) is 0.862. The molecule has 0 aromatic carbocycles. The van der Waals surface area contributed by atoms with Gasteiger partial charge in [-0.15, -0.1) is 0 Å². The fraction of sp³-hybridized carbons (Fsp3) is 0.333. The first-order chi connectivity index (χ1) is 4.70. The van der Waals surface area contributed by atoms with E-state index >= 15 is 0 Å². The van der Waals surface area contributed by atoms with Gasteiger partial charge in [-0.25, -0.2) is 4.98 Å². The Labute approximate surface area is 72.8 Å². The van der Waals surface area contributed by atoms with Crippen molar-refractivity contribution in [2.24, 2.45) is 0 Å². The second-order valence-electron chi connectivity index (χ2n) is 1.88. The van der Waals surface area contributed by atoms with Crippen molar-refractivity contribution in [3.8, 4) is 0 Å². The van der Waals surface area contributed by atoms with E-state index in [1.54, 1.807) is 6.20 Å². The standard InChI is InChI=1S/C6H6BrClN2/c1-4(7)5-2-10-6(8)3-9-5/h2-4H,1H3. The third kappa shape index (κ3) is 1.92. The maximum Gasteiger partial charge on any atom is 0.147 e. The average molecular weight is 221 g/mol. The number of hydrogen-bond acceptors (Lipinski definition) is 2. The third-order valence-corrected chi connectivity index (χ3v) is 1.71. The van der Waals surface area contributed by atoms with E-state index in [0.717, 1.165) is 5.69 Å². The first-order valence-electron chi connectivity index (χ1n) is 2.81. The van der Waals surface area contributed by atoms with Crippen LogP contribution in [0.25, 0.3) is 0 Å². The SMILES string of the molecule is CC(Br)c1cnc(Cl)cn1. The summed E-state index contributed by atoms with van der Waals surface area (Å²) in [6.45, 7) is 1.98. The molecule has 1 atom stereocenters. The molecule has 0 saturated carbocycles. The summed E-state index contributed by atoms with van der Waals surface area (Å²) < 4.78 is 0. The molecule has 1 aromatic rings. The van der Waals surface area contributed by atoms with E-state index < -0.39 is 0 Å². The lowest BCUT2D eigenvalue weighted by Crippen LogP contribution is -1.89. The normalized spacial score (nSPS) is 13.1. The van der Waals surface area contributed by atoms with Gasteiger partial charge < -0.3 is 0 Å². The minimum Gasteiger partial charge on any atom is -0.255 e. The first-order valence-corrected chi connectivity index (χ1v) is 4.11. The topological polar surface area (TPSA) is 25.8 Å². The lowest BCUT2D eigenvalue weighted by Gasteiger charge is -1.99. The van der Waals surface area contributed by atoms with Crippen LogP contribution >= 0.6 is 27.5 Å². The van der Waals surface area contributed by atoms with Crippen LogP contribution in [0.15, 0.2) is 12.4 Å². The summed E-state index contributed by atoms with van der Waals surface area (Å²) in [5.41, 5.74) is 0.893. The van der Waals surface area contributed by atoms with E-state index in [0.29, 0.717) is 5.15 Å². The van der Waals surface area contributed by atoms with Crippen LogP contribution in [0.2, 0.25) is 5.15 Å². The molecule has 0 spiro atoms. The summed E-state index contributed by atoms with van der Waals surface area (Å²) in [6.07, 6.45) is 3.19. The lowest BCUT2D eigenvalue weighted by atomic mass is 10.4. The predicted molar refractivity (Wildman–Crippen MR) is 44.4 cm³/mol. The molecule has 54 valence electrons. The van der Waals surface area contributed by atoms with Crippen LogP contribution in [0.4, 0.5) is 0 Å². The molecule has 0 saturated heterocycles. The van der Waals surface area contributed by atoms with E-state index in [1.165, 1.54) is 6.20 Å². The number of halogens is 2. The van der Waals surface area contributed by atoms with Gasteiger partial charge in [0.05, 0.1) is 22.9 Å². The van der Waals surface area contributed by atoms with Gasteiger partial charge in [0.25, 0.3) is 0 Å². The van der Waals surface area contributed by atoms with Gasteiger partial charge in [-0.05, 0) is 6.92 Å². The van der Waals surface area contributed by atoms with Crippen LogP contribution < -0.4 is 0 Å². The van der Waals surface area contributed by atoms with Crippen molar-refractivity contribution in [1.29, 1.82) is 0 Å². The van der Waals surface area contributed by atoms with E-state index in [4.69, 9.17) is 11.6 Å². The van der Waals surface area contributed by atoms with Crippen molar-refractivity contribution in [2.45, 2.75) is 11.8 Å². The molecular formula is C6H6BrClN2. The molecule has 0 bridgehead atoms. The average Bonchev–Trinajstić information content (AvgIpc) is 1.88. The van der Waals surface area contributed by atoms with Crippen LogP contribution in [0.1, 0.15) is 17.4 Å². The maximum absolute atomic E-state index is 5.53. The van der Waals surface area contributed by atoms with E-state index in [1.807, 2.05) is 6.92 Å². The van der Waals surface area contributed by atoms with E-state index in [2.05, 4.69) is 25.9 Å². The Morgan fingerprint density at radius 1 is 1.50 bits per heavy atom. The Kier molecular flexibility index (Phi) is 2.63. The molecule has 0 aliphatic carbocycles. The molecule has 0 fully saturated rings. The molecule has 0 radical (unpaired) electrons. The van der Waals surface area contributed by atoms with Gasteiger partial charge in [-0.2, -0.15) is 0 Å². The Bertz CT molecular complexity index is 209. The summed E-state index contributed by atoms with van der Waals surface area (Å²) in [4.78, 5) is 8.14. The second-order valence-corrected chi connectivity index (χ2v) is 3.64. The van der Waals surface area contributed by atoms with Gasteiger partial charge >= 0.3 is 0 Å². The number of hydrogen-bond donors (Lipinski definition) is 0. The number of rotatable bonds is 1. The summed E-state index contributed by atoms with van der Waals surface area (Å²) in [6, 6.07) is 0. The lowest BCUT2D eigenvalue weighted by molar-refractivity contribution is 0.991. The highest BCUT2D eigenvalue weighted by atomic mass is 79.9. The van der Waals surface area contributed by atoms with E-state index in [-0.39, 0.29) is 4.83 Å². The van der Waals surface area contributed by atoms with Gasteiger partial charge in [-0.1, -0.05) is 27.5 Å². The minimum atomic E-state index is 0.234. The molecule has 0 aliphatic heterocycles. The van der Waals surface area contributed by atoms with Crippen molar-refractivity contribution in [3.63, 3.8) is 0 Å². The second kappa shape index (κ2) is 3.30.